The van der Waals surface area contributed by atoms with E-state index in [1.165, 1.54) is 0 Å². The van der Waals surface area contributed by atoms with Crippen molar-refractivity contribution in [2.45, 2.75) is 30.8 Å². The van der Waals surface area contributed by atoms with Crippen molar-refractivity contribution >= 4 is 11.8 Å². The molecule has 4 rings (SSSR count). The predicted molar refractivity (Wildman–Crippen MR) is 100 cm³/mol. The summed E-state index contributed by atoms with van der Waals surface area (Å²) in [5, 5.41) is 10.1. The second-order valence-electron chi connectivity index (χ2n) is 7.26. The summed E-state index contributed by atoms with van der Waals surface area (Å²) in [6.07, 6.45) is 3.63. The highest BCUT2D eigenvalue weighted by Gasteiger charge is 2.68. The molecule has 27 heavy (non-hydrogen) atoms. The van der Waals surface area contributed by atoms with E-state index in [9.17, 15) is 14.7 Å². The third-order valence-electron chi connectivity index (χ3n) is 5.83. The zero-order valence-electron chi connectivity index (χ0n) is 15.3. The monoisotopic (exact) mass is 365 g/mol. The Bertz CT molecular complexity index is 834. The SMILES string of the molecule is CCC(=O)N1CC2(C1)[C@H](c1ccccc1)[C@H](CO)N2C(=O)c1cccnc1. The Kier molecular flexibility index (Phi) is 4.44. The molecule has 0 aliphatic carbocycles. The number of carbonyl (C=O) groups is 2. The summed E-state index contributed by atoms with van der Waals surface area (Å²) in [6, 6.07) is 13.1. The molecule has 1 aromatic heterocycles. The van der Waals surface area contributed by atoms with E-state index in [1.54, 1.807) is 34.3 Å². The van der Waals surface area contributed by atoms with Crippen molar-refractivity contribution in [2.75, 3.05) is 19.7 Å². The highest BCUT2D eigenvalue weighted by atomic mass is 16.3. The van der Waals surface area contributed by atoms with Gasteiger partial charge in [-0.1, -0.05) is 37.3 Å². The van der Waals surface area contributed by atoms with Crippen LogP contribution in [-0.2, 0) is 4.79 Å². The van der Waals surface area contributed by atoms with Crippen LogP contribution in [0.5, 0.6) is 0 Å². The summed E-state index contributed by atoms with van der Waals surface area (Å²) in [6.45, 7) is 2.73. The van der Waals surface area contributed by atoms with E-state index in [0.717, 1.165) is 5.56 Å². The average Bonchev–Trinajstić information content (AvgIpc) is 2.67. The molecule has 0 radical (unpaired) electrons. The van der Waals surface area contributed by atoms with Crippen molar-refractivity contribution in [1.82, 2.24) is 14.8 Å². The van der Waals surface area contributed by atoms with Crippen LogP contribution in [0, 0.1) is 0 Å². The van der Waals surface area contributed by atoms with Crippen molar-refractivity contribution in [1.29, 1.82) is 0 Å². The quantitative estimate of drug-likeness (QED) is 0.895. The van der Waals surface area contributed by atoms with Crippen LogP contribution in [-0.4, -0.2) is 63.0 Å². The Morgan fingerprint density at radius 2 is 1.93 bits per heavy atom. The van der Waals surface area contributed by atoms with Gasteiger partial charge in [0.2, 0.25) is 5.91 Å². The Morgan fingerprint density at radius 1 is 1.19 bits per heavy atom. The lowest BCUT2D eigenvalue weighted by Gasteiger charge is -2.70. The lowest BCUT2D eigenvalue weighted by Crippen LogP contribution is -2.85. The van der Waals surface area contributed by atoms with Crippen molar-refractivity contribution in [3.8, 4) is 0 Å². The van der Waals surface area contributed by atoms with Crippen LogP contribution in [0.3, 0.4) is 0 Å². The van der Waals surface area contributed by atoms with Crippen molar-refractivity contribution in [3.63, 3.8) is 0 Å². The first kappa shape index (κ1) is 17.7. The molecule has 6 nitrogen and oxygen atoms in total. The minimum absolute atomic E-state index is 0.00484. The molecule has 0 unspecified atom stereocenters. The van der Waals surface area contributed by atoms with Crippen LogP contribution < -0.4 is 0 Å². The van der Waals surface area contributed by atoms with Gasteiger partial charge in [-0.2, -0.15) is 0 Å². The van der Waals surface area contributed by atoms with Gasteiger partial charge in [0.25, 0.3) is 5.91 Å². The van der Waals surface area contributed by atoms with Gasteiger partial charge in [0.1, 0.15) is 0 Å². The van der Waals surface area contributed by atoms with Crippen LogP contribution in [0.2, 0.25) is 0 Å². The number of aliphatic hydroxyl groups excluding tert-OH is 1. The lowest BCUT2D eigenvalue weighted by atomic mass is 9.60. The van der Waals surface area contributed by atoms with Gasteiger partial charge in [-0.05, 0) is 17.7 Å². The van der Waals surface area contributed by atoms with Gasteiger partial charge in [0, 0.05) is 37.8 Å². The van der Waals surface area contributed by atoms with Gasteiger partial charge >= 0.3 is 0 Å². The molecule has 140 valence electrons. The summed E-state index contributed by atoms with van der Waals surface area (Å²) < 4.78 is 0. The molecule has 0 saturated carbocycles. The van der Waals surface area contributed by atoms with E-state index in [2.05, 4.69) is 4.98 Å². The maximum absolute atomic E-state index is 13.2. The van der Waals surface area contributed by atoms with E-state index >= 15 is 0 Å². The Hall–Kier alpha value is -2.73. The number of hydrogen-bond donors (Lipinski definition) is 1. The van der Waals surface area contributed by atoms with Crippen LogP contribution in [0.1, 0.15) is 35.2 Å². The summed E-state index contributed by atoms with van der Waals surface area (Å²) in [7, 11) is 0. The molecule has 6 heteroatoms. The molecule has 1 spiro atoms. The van der Waals surface area contributed by atoms with Crippen LogP contribution in [0.4, 0.5) is 0 Å². The number of rotatable bonds is 4. The second-order valence-corrected chi connectivity index (χ2v) is 7.26. The normalized spacial score (nSPS) is 22.9. The van der Waals surface area contributed by atoms with E-state index in [1.807, 2.05) is 37.3 Å². The number of benzene rings is 1. The number of aromatic nitrogens is 1. The smallest absolute Gasteiger partial charge is 0.256 e. The van der Waals surface area contributed by atoms with Gasteiger partial charge in [-0.15, -0.1) is 0 Å². The molecule has 0 bridgehead atoms. The topological polar surface area (TPSA) is 73.7 Å². The number of likely N-dealkylation sites (tertiary alicyclic amines) is 2. The first-order valence-corrected chi connectivity index (χ1v) is 9.29. The van der Waals surface area contributed by atoms with Crippen molar-refractivity contribution < 1.29 is 14.7 Å². The van der Waals surface area contributed by atoms with Crippen LogP contribution >= 0.6 is 0 Å². The Labute approximate surface area is 158 Å². The fourth-order valence-corrected chi connectivity index (χ4v) is 4.63. The molecule has 1 N–H and O–H groups in total. The molecule has 2 saturated heterocycles. The van der Waals surface area contributed by atoms with Crippen LogP contribution in [0.25, 0.3) is 0 Å². The lowest BCUT2D eigenvalue weighted by molar-refractivity contribution is -0.178. The fraction of sp³-hybridized carbons (Fsp3) is 0.381. The number of nitrogens with zero attached hydrogens (tertiary/aromatic N) is 3. The number of pyridine rings is 1. The van der Waals surface area contributed by atoms with Gasteiger partial charge < -0.3 is 14.9 Å². The number of carbonyl (C=O) groups excluding carboxylic acids is 2. The molecule has 3 heterocycles. The van der Waals surface area contributed by atoms with Crippen LogP contribution in [0.15, 0.2) is 54.9 Å². The van der Waals surface area contributed by atoms with E-state index in [4.69, 9.17) is 0 Å². The number of hydrogen-bond acceptors (Lipinski definition) is 4. The van der Waals surface area contributed by atoms with Crippen molar-refractivity contribution in [2.24, 2.45) is 0 Å². The molecule has 1 aromatic carbocycles. The molecule has 2 aromatic rings. The standard InChI is InChI=1S/C21H23N3O3/c1-2-18(26)23-13-21(14-23)19(15-7-4-3-5-8-15)17(12-25)24(21)20(27)16-9-6-10-22-11-16/h3-11,17,19,25H,2,12-14H2,1H3/t17-,19+/m0/s1. The third kappa shape index (κ3) is 2.63. The Balaban J connectivity index is 1.69. The summed E-state index contributed by atoms with van der Waals surface area (Å²) in [5.74, 6) is -0.0446. The maximum Gasteiger partial charge on any atom is 0.256 e. The summed E-state index contributed by atoms with van der Waals surface area (Å²) in [5.41, 5.74) is 1.13. The molecule has 2 aliphatic rings. The fourth-order valence-electron chi connectivity index (χ4n) is 4.63. The largest absolute Gasteiger partial charge is 0.394 e. The van der Waals surface area contributed by atoms with Gasteiger partial charge in [-0.3, -0.25) is 14.6 Å². The first-order chi connectivity index (χ1) is 13.1. The highest BCUT2D eigenvalue weighted by molar-refractivity contribution is 5.96. The van der Waals surface area contributed by atoms with E-state index in [0.29, 0.717) is 25.1 Å². The second kappa shape index (κ2) is 6.78. The molecule has 2 aliphatic heterocycles. The predicted octanol–water partition coefficient (Wildman–Crippen LogP) is 1.67. The van der Waals surface area contributed by atoms with E-state index < -0.39 is 5.54 Å². The Morgan fingerprint density at radius 3 is 2.52 bits per heavy atom. The zero-order valence-corrected chi connectivity index (χ0v) is 15.3. The van der Waals surface area contributed by atoms with Gasteiger partial charge in [0.15, 0.2) is 0 Å². The summed E-state index contributed by atoms with van der Waals surface area (Å²) >= 11 is 0. The molecular weight excluding hydrogens is 342 g/mol. The van der Waals surface area contributed by atoms with E-state index in [-0.39, 0.29) is 30.4 Å². The molecule has 2 fully saturated rings. The average molecular weight is 365 g/mol. The zero-order chi connectivity index (χ0) is 19.0. The number of amides is 2. The minimum Gasteiger partial charge on any atom is -0.394 e. The minimum atomic E-state index is -0.466. The first-order valence-electron chi connectivity index (χ1n) is 9.29. The highest BCUT2D eigenvalue weighted by Crippen LogP contribution is 2.54. The molecule has 2 atom stereocenters. The summed E-state index contributed by atoms with van der Waals surface area (Å²) in [4.78, 5) is 33.0. The van der Waals surface area contributed by atoms with Gasteiger partial charge in [0.05, 0.1) is 23.8 Å². The molecule has 2 amide bonds. The number of aliphatic hydroxyl groups is 1. The van der Waals surface area contributed by atoms with Crippen molar-refractivity contribution in [3.05, 3.63) is 66.0 Å². The van der Waals surface area contributed by atoms with Gasteiger partial charge in [-0.25, -0.2) is 0 Å². The molecular formula is C21H23N3O3. The third-order valence-corrected chi connectivity index (χ3v) is 5.83. The maximum atomic E-state index is 13.2.